The lowest BCUT2D eigenvalue weighted by atomic mass is 9.78. The lowest BCUT2D eigenvalue weighted by Crippen LogP contribution is -2.51. The zero-order valence-electron chi connectivity index (χ0n) is 20.6. The number of benzene rings is 2. The number of hydrogen-bond acceptors (Lipinski definition) is 3. The molecule has 0 spiro atoms. The van der Waals surface area contributed by atoms with Crippen molar-refractivity contribution in [2.45, 2.75) is 79.3 Å². The smallest absolute Gasteiger partial charge is 0.266 e. The molecule has 0 saturated heterocycles. The summed E-state index contributed by atoms with van der Waals surface area (Å²) in [6.45, 7) is 17.4. The molecule has 0 fully saturated rings. The van der Waals surface area contributed by atoms with Gasteiger partial charge in [0, 0.05) is 23.0 Å². The van der Waals surface area contributed by atoms with E-state index in [0.717, 1.165) is 28.7 Å². The molecule has 2 aromatic rings. The Labute approximate surface area is 192 Å². The van der Waals surface area contributed by atoms with Crippen molar-refractivity contribution in [3.05, 3.63) is 63.7 Å². The van der Waals surface area contributed by atoms with E-state index in [1.54, 1.807) is 6.08 Å². The number of hydrogen-bond donors (Lipinski definition) is 1. The molecule has 1 aliphatic heterocycles. The van der Waals surface area contributed by atoms with Crippen LogP contribution in [0.15, 0.2) is 35.9 Å². The summed E-state index contributed by atoms with van der Waals surface area (Å²) in [6, 6.07) is 12.7. The first-order valence-corrected chi connectivity index (χ1v) is 11.4. The van der Waals surface area contributed by atoms with Crippen molar-refractivity contribution in [2.75, 3.05) is 10.2 Å². The number of nitrogens with zero attached hydrogens (tertiary/aromatic N) is 2. The van der Waals surface area contributed by atoms with E-state index >= 15 is 0 Å². The lowest BCUT2D eigenvalue weighted by Gasteiger charge is -2.50. The SMILES string of the molecule is Cc1cc(C)cc(NC(=O)/C(C#N)=C\c2cc3c(cc2C)N(C(C)C)C(C)(C)C[C@H]3C)c1. The molecule has 0 bridgehead atoms. The van der Waals surface area contributed by atoms with Crippen molar-refractivity contribution in [1.29, 1.82) is 5.26 Å². The molecule has 168 valence electrons. The predicted octanol–water partition coefficient (Wildman–Crippen LogP) is 6.66. The third kappa shape index (κ3) is 4.72. The highest BCUT2D eigenvalue weighted by Gasteiger charge is 2.37. The first kappa shape index (κ1) is 23.6. The molecule has 4 heteroatoms. The molecule has 2 aromatic carbocycles. The number of carbonyl (C=O) groups excluding carboxylic acids is 1. The fraction of sp³-hybridized carbons (Fsp3) is 0.429. The number of anilines is 2. The van der Waals surface area contributed by atoms with Crippen LogP contribution in [0.1, 0.15) is 74.8 Å². The Kier molecular flexibility index (Phi) is 6.51. The first-order valence-electron chi connectivity index (χ1n) is 11.4. The third-order valence-electron chi connectivity index (χ3n) is 6.32. The highest BCUT2D eigenvalue weighted by Crippen LogP contribution is 2.45. The van der Waals surface area contributed by atoms with Gasteiger partial charge in [0.15, 0.2) is 0 Å². The second kappa shape index (κ2) is 8.82. The monoisotopic (exact) mass is 429 g/mol. The summed E-state index contributed by atoms with van der Waals surface area (Å²) in [6.07, 6.45) is 2.78. The van der Waals surface area contributed by atoms with E-state index in [1.807, 2.05) is 32.9 Å². The van der Waals surface area contributed by atoms with E-state index in [4.69, 9.17) is 0 Å². The van der Waals surface area contributed by atoms with Gasteiger partial charge in [0.1, 0.15) is 11.6 Å². The van der Waals surface area contributed by atoms with Crippen LogP contribution in [0.5, 0.6) is 0 Å². The van der Waals surface area contributed by atoms with Gasteiger partial charge in [-0.15, -0.1) is 0 Å². The topological polar surface area (TPSA) is 56.1 Å². The number of nitriles is 1. The van der Waals surface area contributed by atoms with E-state index in [1.165, 1.54) is 11.3 Å². The van der Waals surface area contributed by atoms with Crippen LogP contribution in [0.3, 0.4) is 0 Å². The van der Waals surface area contributed by atoms with Crippen molar-refractivity contribution >= 4 is 23.4 Å². The van der Waals surface area contributed by atoms with Crippen molar-refractivity contribution in [3.8, 4) is 6.07 Å². The van der Waals surface area contributed by atoms with Gasteiger partial charge < -0.3 is 10.2 Å². The van der Waals surface area contributed by atoms with Crippen molar-refractivity contribution in [2.24, 2.45) is 0 Å². The maximum absolute atomic E-state index is 12.9. The van der Waals surface area contributed by atoms with E-state index in [2.05, 4.69) is 69.1 Å². The number of rotatable bonds is 4. The highest BCUT2D eigenvalue weighted by atomic mass is 16.1. The fourth-order valence-corrected chi connectivity index (χ4v) is 5.30. The Morgan fingerprint density at radius 1 is 1.16 bits per heavy atom. The number of amides is 1. The van der Waals surface area contributed by atoms with Crippen LogP contribution in [0.2, 0.25) is 0 Å². The number of nitrogens with one attached hydrogen (secondary N) is 1. The minimum absolute atomic E-state index is 0.0774. The Morgan fingerprint density at radius 2 is 1.78 bits per heavy atom. The highest BCUT2D eigenvalue weighted by molar-refractivity contribution is 6.09. The lowest BCUT2D eigenvalue weighted by molar-refractivity contribution is -0.112. The average molecular weight is 430 g/mol. The minimum atomic E-state index is -0.382. The molecule has 0 aromatic heterocycles. The molecule has 1 N–H and O–H groups in total. The van der Waals surface area contributed by atoms with Crippen molar-refractivity contribution < 1.29 is 4.79 Å². The third-order valence-corrected chi connectivity index (χ3v) is 6.32. The van der Waals surface area contributed by atoms with Crippen LogP contribution in [0, 0.1) is 32.1 Å². The molecular weight excluding hydrogens is 394 g/mol. The minimum Gasteiger partial charge on any atom is -0.364 e. The van der Waals surface area contributed by atoms with Crippen LogP contribution in [0.4, 0.5) is 11.4 Å². The standard InChI is InChI=1S/C28H35N3O/c1-17(2)31-26-12-20(5)22(14-25(26)21(6)15-28(31,7)8)13-23(16-29)27(32)30-24-10-18(3)9-19(4)11-24/h9-14,17,21H,15H2,1-8H3,(H,30,32)/b23-13-/t21-/m1/s1. The van der Waals surface area contributed by atoms with Gasteiger partial charge in [0.2, 0.25) is 0 Å². The molecule has 1 amide bonds. The zero-order valence-corrected chi connectivity index (χ0v) is 20.6. The largest absolute Gasteiger partial charge is 0.364 e. The van der Waals surface area contributed by atoms with Gasteiger partial charge in [-0.05, 0) is 119 Å². The van der Waals surface area contributed by atoms with Crippen LogP contribution in [0.25, 0.3) is 6.08 Å². The van der Waals surface area contributed by atoms with E-state index in [-0.39, 0.29) is 17.0 Å². The van der Waals surface area contributed by atoms with Gasteiger partial charge in [0.25, 0.3) is 5.91 Å². The Balaban J connectivity index is 1.99. The maximum atomic E-state index is 12.9. The Bertz CT molecular complexity index is 1100. The average Bonchev–Trinajstić information content (AvgIpc) is 2.64. The molecule has 1 heterocycles. The molecule has 0 aliphatic carbocycles. The van der Waals surface area contributed by atoms with Gasteiger partial charge in [-0.1, -0.05) is 13.0 Å². The van der Waals surface area contributed by atoms with E-state index < -0.39 is 0 Å². The first-order chi connectivity index (χ1) is 14.9. The summed E-state index contributed by atoms with van der Waals surface area (Å²) in [5.74, 6) is 0.0185. The maximum Gasteiger partial charge on any atom is 0.266 e. The molecule has 0 unspecified atom stereocenters. The zero-order chi connectivity index (χ0) is 23.8. The second-order valence-electron chi connectivity index (χ2n) is 10.1. The summed E-state index contributed by atoms with van der Waals surface area (Å²) >= 11 is 0. The normalized spacial score (nSPS) is 17.7. The Hall–Kier alpha value is -3.06. The number of carbonyl (C=O) groups is 1. The van der Waals surface area contributed by atoms with Crippen molar-refractivity contribution in [3.63, 3.8) is 0 Å². The predicted molar refractivity (Wildman–Crippen MR) is 134 cm³/mol. The summed E-state index contributed by atoms with van der Waals surface area (Å²) in [7, 11) is 0. The second-order valence-corrected chi connectivity index (χ2v) is 10.1. The molecule has 4 nitrogen and oxygen atoms in total. The van der Waals surface area contributed by atoms with Gasteiger partial charge >= 0.3 is 0 Å². The van der Waals surface area contributed by atoms with Crippen molar-refractivity contribution in [1.82, 2.24) is 0 Å². The number of fused-ring (bicyclic) bond motifs is 1. The van der Waals surface area contributed by atoms with Crippen LogP contribution in [-0.2, 0) is 4.79 Å². The fourth-order valence-electron chi connectivity index (χ4n) is 5.30. The molecule has 0 radical (unpaired) electrons. The van der Waals surface area contributed by atoms with Crippen LogP contribution < -0.4 is 10.2 Å². The van der Waals surface area contributed by atoms with Crippen LogP contribution in [-0.4, -0.2) is 17.5 Å². The van der Waals surface area contributed by atoms with E-state index in [9.17, 15) is 10.1 Å². The molecule has 0 saturated carbocycles. The number of aryl methyl sites for hydroxylation is 3. The summed E-state index contributed by atoms with van der Waals surface area (Å²) in [5, 5.41) is 12.6. The Morgan fingerprint density at radius 3 is 2.34 bits per heavy atom. The van der Waals surface area contributed by atoms with Gasteiger partial charge in [-0.3, -0.25) is 4.79 Å². The van der Waals surface area contributed by atoms with Gasteiger partial charge in [-0.25, -0.2) is 0 Å². The van der Waals surface area contributed by atoms with E-state index in [0.29, 0.717) is 17.6 Å². The molecule has 32 heavy (non-hydrogen) atoms. The quantitative estimate of drug-likeness (QED) is 0.437. The summed E-state index contributed by atoms with van der Waals surface area (Å²) < 4.78 is 0. The summed E-state index contributed by atoms with van der Waals surface area (Å²) in [4.78, 5) is 15.4. The summed E-state index contributed by atoms with van der Waals surface area (Å²) in [5.41, 5.74) is 7.56. The molecular formula is C28H35N3O. The molecule has 1 aliphatic rings. The molecule has 1 atom stereocenters. The van der Waals surface area contributed by atoms with Crippen LogP contribution >= 0.6 is 0 Å². The van der Waals surface area contributed by atoms with Gasteiger partial charge in [-0.2, -0.15) is 5.26 Å². The van der Waals surface area contributed by atoms with Gasteiger partial charge in [0.05, 0.1) is 0 Å². The molecule has 3 rings (SSSR count).